The minimum Gasteiger partial charge on any atom is -0.497 e. The molecule has 0 aliphatic carbocycles. The summed E-state index contributed by atoms with van der Waals surface area (Å²) in [7, 11) is 5.70. The van der Waals surface area contributed by atoms with Crippen molar-refractivity contribution in [1.82, 2.24) is 20.1 Å². The molecule has 8 heteroatoms. The maximum absolute atomic E-state index is 12.6. The van der Waals surface area contributed by atoms with Crippen LogP contribution in [0.15, 0.2) is 35.8 Å². The number of hydrogen-bond acceptors (Lipinski definition) is 6. The summed E-state index contributed by atoms with van der Waals surface area (Å²) in [6.07, 6.45) is 1.82. The van der Waals surface area contributed by atoms with Gasteiger partial charge in [-0.3, -0.25) is 0 Å². The SMILES string of the molecule is COc1cccc(C(CNC(=O)N2CCN(c3nccs3)CC2)N(C)C)c1. The molecule has 1 saturated heterocycles. The molecule has 0 spiro atoms. The average molecular weight is 390 g/mol. The highest BCUT2D eigenvalue weighted by atomic mass is 32.1. The van der Waals surface area contributed by atoms with Crippen molar-refractivity contribution in [2.45, 2.75) is 6.04 Å². The molecule has 27 heavy (non-hydrogen) atoms. The van der Waals surface area contributed by atoms with Gasteiger partial charge in [-0.15, -0.1) is 11.3 Å². The zero-order valence-electron chi connectivity index (χ0n) is 16.1. The monoisotopic (exact) mass is 389 g/mol. The van der Waals surface area contributed by atoms with Crippen molar-refractivity contribution < 1.29 is 9.53 Å². The Bertz CT molecular complexity index is 729. The molecule has 1 N–H and O–H groups in total. The van der Waals surface area contributed by atoms with Gasteiger partial charge < -0.3 is 24.8 Å². The van der Waals surface area contributed by atoms with Gasteiger partial charge in [-0.05, 0) is 31.8 Å². The number of aromatic nitrogens is 1. The number of thiazole rings is 1. The second-order valence-electron chi connectivity index (χ2n) is 6.73. The number of methoxy groups -OCH3 is 1. The van der Waals surface area contributed by atoms with Crippen LogP contribution in [0.5, 0.6) is 5.75 Å². The van der Waals surface area contributed by atoms with Gasteiger partial charge >= 0.3 is 6.03 Å². The highest BCUT2D eigenvalue weighted by Crippen LogP contribution is 2.22. The fourth-order valence-electron chi connectivity index (χ4n) is 3.22. The molecular weight excluding hydrogens is 362 g/mol. The number of piperazine rings is 1. The van der Waals surface area contributed by atoms with E-state index in [1.807, 2.05) is 48.8 Å². The number of likely N-dealkylation sites (N-methyl/N-ethyl adjacent to an activating group) is 1. The van der Waals surface area contributed by atoms with E-state index in [-0.39, 0.29) is 12.1 Å². The standard InChI is InChI=1S/C19H27N5O2S/c1-22(2)17(15-5-4-6-16(13-15)26-3)14-21-18(25)23-8-10-24(11-9-23)19-20-7-12-27-19/h4-7,12-13,17H,8-11,14H2,1-3H3,(H,21,25). The zero-order chi connectivity index (χ0) is 19.2. The predicted octanol–water partition coefficient (Wildman–Crippen LogP) is 2.29. The summed E-state index contributed by atoms with van der Waals surface area (Å²) < 4.78 is 5.32. The van der Waals surface area contributed by atoms with E-state index in [4.69, 9.17) is 4.74 Å². The van der Waals surface area contributed by atoms with E-state index in [1.165, 1.54) is 0 Å². The summed E-state index contributed by atoms with van der Waals surface area (Å²) in [4.78, 5) is 23.2. The number of hydrogen-bond donors (Lipinski definition) is 1. The Labute approximate surface area is 164 Å². The molecule has 1 aliphatic rings. The largest absolute Gasteiger partial charge is 0.497 e. The summed E-state index contributed by atoms with van der Waals surface area (Å²) in [5, 5.41) is 6.10. The third-order valence-electron chi connectivity index (χ3n) is 4.81. The number of ether oxygens (including phenoxy) is 1. The number of anilines is 1. The first kappa shape index (κ1) is 19.4. The van der Waals surface area contributed by atoms with Crippen molar-refractivity contribution >= 4 is 22.5 Å². The Morgan fingerprint density at radius 2 is 2.11 bits per heavy atom. The zero-order valence-corrected chi connectivity index (χ0v) is 16.9. The van der Waals surface area contributed by atoms with Crippen molar-refractivity contribution in [3.63, 3.8) is 0 Å². The second kappa shape index (κ2) is 9.05. The number of amides is 2. The second-order valence-corrected chi connectivity index (χ2v) is 7.60. The van der Waals surface area contributed by atoms with Crippen LogP contribution in [0.3, 0.4) is 0 Å². The lowest BCUT2D eigenvalue weighted by Crippen LogP contribution is -2.52. The van der Waals surface area contributed by atoms with Gasteiger partial charge in [-0.2, -0.15) is 0 Å². The number of benzene rings is 1. The Balaban J connectivity index is 1.54. The first-order valence-electron chi connectivity index (χ1n) is 9.06. The molecule has 0 saturated carbocycles. The van der Waals surface area contributed by atoms with Gasteiger partial charge in [-0.25, -0.2) is 9.78 Å². The number of carbonyl (C=O) groups is 1. The summed E-state index contributed by atoms with van der Waals surface area (Å²) in [5.74, 6) is 0.823. The van der Waals surface area contributed by atoms with Crippen molar-refractivity contribution in [1.29, 1.82) is 0 Å². The van der Waals surface area contributed by atoms with Crippen molar-refractivity contribution in [2.24, 2.45) is 0 Å². The number of nitrogens with zero attached hydrogens (tertiary/aromatic N) is 4. The van der Waals surface area contributed by atoms with E-state index in [2.05, 4.69) is 26.2 Å². The number of rotatable bonds is 6. The summed E-state index contributed by atoms with van der Waals surface area (Å²) in [6.45, 7) is 3.59. The number of urea groups is 1. The van der Waals surface area contributed by atoms with Crippen LogP contribution in [0.25, 0.3) is 0 Å². The fraction of sp³-hybridized carbons (Fsp3) is 0.474. The molecule has 1 aromatic heterocycles. The van der Waals surface area contributed by atoms with Gasteiger partial charge in [0, 0.05) is 44.3 Å². The lowest BCUT2D eigenvalue weighted by molar-refractivity contribution is 0.189. The molecule has 0 bridgehead atoms. The van der Waals surface area contributed by atoms with E-state index in [1.54, 1.807) is 18.4 Å². The maximum Gasteiger partial charge on any atom is 0.317 e. The van der Waals surface area contributed by atoms with Crippen LogP contribution in [-0.2, 0) is 0 Å². The van der Waals surface area contributed by atoms with Gasteiger partial charge in [0.1, 0.15) is 5.75 Å². The molecule has 1 aliphatic heterocycles. The number of nitrogens with one attached hydrogen (secondary N) is 1. The molecule has 1 atom stereocenters. The van der Waals surface area contributed by atoms with E-state index >= 15 is 0 Å². The summed E-state index contributed by atoms with van der Waals surface area (Å²) >= 11 is 1.64. The van der Waals surface area contributed by atoms with Gasteiger partial charge in [0.05, 0.1) is 13.2 Å². The first-order chi connectivity index (χ1) is 13.1. The molecule has 3 rings (SSSR count). The van der Waals surface area contributed by atoms with Gasteiger partial charge in [0.15, 0.2) is 5.13 Å². The van der Waals surface area contributed by atoms with Crippen LogP contribution in [-0.4, -0.2) is 74.7 Å². The normalized spacial score (nSPS) is 15.7. The Hall–Kier alpha value is -2.32. The molecule has 146 valence electrons. The molecule has 1 aromatic carbocycles. The third-order valence-corrected chi connectivity index (χ3v) is 5.64. The molecule has 0 radical (unpaired) electrons. The fourth-order valence-corrected chi connectivity index (χ4v) is 3.91. The molecule has 2 aromatic rings. The Morgan fingerprint density at radius 1 is 1.33 bits per heavy atom. The van der Waals surface area contributed by atoms with Crippen molar-refractivity contribution in [3.8, 4) is 5.75 Å². The third kappa shape index (κ3) is 4.90. The molecule has 1 fully saturated rings. The highest BCUT2D eigenvalue weighted by Gasteiger charge is 2.23. The van der Waals surface area contributed by atoms with E-state index in [0.29, 0.717) is 19.6 Å². The molecule has 2 heterocycles. The molecule has 1 unspecified atom stereocenters. The molecule has 2 amide bonds. The summed E-state index contributed by atoms with van der Waals surface area (Å²) in [6, 6.07) is 8.06. The smallest absolute Gasteiger partial charge is 0.317 e. The Kier molecular flexibility index (Phi) is 6.52. The van der Waals surface area contributed by atoms with Crippen molar-refractivity contribution in [2.75, 3.05) is 58.8 Å². The van der Waals surface area contributed by atoms with Crippen LogP contribution in [0.2, 0.25) is 0 Å². The van der Waals surface area contributed by atoms with E-state index in [9.17, 15) is 4.79 Å². The van der Waals surface area contributed by atoms with Crippen LogP contribution in [0.1, 0.15) is 11.6 Å². The van der Waals surface area contributed by atoms with Gasteiger partial charge in [0.25, 0.3) is 0 Å². The van der Waals surface area contributed by atoms with Crippen LogP contribution in [0.4, 0.5) is 9.93 Å². The first-order valence-corrected chi connectivity index (χ1v) is 9.94. The predicted molar refractivity (Wildman–Crippen MR) is 109 cm³/mol. The topological polar surface area (TPSA) is 60.9 Å². The van der Waals surface area contributed by atoms with Crippen LogP contribution < -0.4 is 15.0 Å². The lowest BCUT2D eigenvalue weighted by Gasteiger charge is -2.35. The summed E-state index contributed by atoms with van der Waals surface area (Å²) in [5.41, 5.74) is 1.12. The number of carbonyl (C=O) groups excluding carboxylic acids is 1. The van der Waals surface area contributed by atoms with Crippen LogP contribution >= 0.6 is 11.3 Å². The minimum absolute atomic E-state index is 0.0106. The highest BCUT2D eigenvalue weighted by molar-refractivity contribution is 7.13. The molecular formula is C19H27N5O2S. The Morgan fingerprint density at radius 3 is 2.74 bits per heavy atom. The van der Waals surface area contributed by atoms with E-state index < -0.39 is 0 Å². The lowest BCUT2D eigenvalue weighted by atomic mass is 10.1. The van der Waals surface area contributed by atoms with Gasteiger partial charge in [0.2, 0.25) is 0 Å². The van der Waals surface area contributed by atoms with Crippen LogP contribution in [0, 0.1) is 0 Å². The van der Waals surface area contributed by atoms with E-state index in [0.717, 1.165) is 29.5 Å². The maximum atomic E-state index is 12.6. The quantitative estimate of drug-likeness (QED) is 0.821. The molecule has 7 nitrogen and oxygen atoms in total. The minimum atomic E-state index is -0.0106. The van der Waals surface area contributed by atoms with Gasteiger partial charge in [-0.1, -0.05) is 12.1 Å². The average Bonchev–Trinajstić information content (AvgIpc) is 3.23. The van der Waals surface area contributed by atoms with Crippen molar-refractivity contribution in [3.05, 3.63) is 41.4 Å².